The number of carbonyl (C=O) groups excluding carboxylic acids is 1. The van der Waals surface area contributed by atoms with Crippen molar-refractivity contribution in [3.05, 3.63) is 54.4 Å². The van der Waals surface area contributed by atoms with E-state index in [2.05, 4.69) is 15.2 Å². The second kappa shape index (κ2) is 8.53. The van der Waals surface area contributed by atoms with Crippen LogP contribution in [0.2, 0.25) is 0 Å². The van der Waals surface area contributed by atoms with Crippen molar-refractivity contribution >= 4 is 28.5 Å². The average molecular weight is 394 g/mol. The number of morpholine rings is 1. The minimum absolute atomic E-state index is 0.178. The van der Waals surface area contributed by atoms with E-state index >= 15 is 0 Å². The summed E-state index contributed by atoms with van der Waals surface area (Å²) in [5, 5.41) is 4.08. The smallest absolute Gasteiger partial charge is 0.322 e. The highest BCUT2D eigenvalue weighted by atomic mass is 16.5. The molecule has 1 atom stereocenters. The second-order valence-corrected chi connectivity index (χ2v) is 7.05. The monoisotopic (exact) mass is 394 g/mol. The van der Waals surface area contributed by atoms with E-state index in [0.29, 0.717) is 25.4 Å². The molecule has 0 bridgehead atoms. The Balaban J connectivity index is 1.53. The first-order chi connectivity index (χ1) is 14.2. The number of amides is 2. The van der Waals surface area contributed by atoms with Gasteiger partial charge in [-0.15, -0.1) is 0 Å². The van der Waals surface area contributed by atoms with E-state index in [0.717, 1.165) is 35.6 Å². The van der Waals surface area contributed by atoms with Crippen LogP contribution in [0.4, 0.5) is 16.3 Å². The molecule has 1 N–H and O–H groups in total. The summed E-state index contributed by atoms with van der Waals surface area (Å²) in [7, 11) is 0. The first kappa shape index (κ1) is 19.3. The van der Waals surface area contributed by atoms with E-state index in [4.69, 9.17) is 9.15 Å². The van der Waals surface area contributed by atoms with Gasteiger partial charge < -0.3 is 24.3 Å². The maximum absolute atomic E-state index is 13.1. The Morgan fingerprint density at radius 1 is 1.24 bits per heavy atom. The number of para-hydroxylation sites is 1. The summed E-state index contributed by atoms with van der Waals surface area (Å²) in [5.74, 6) is 1.54. The molecule has 0 radical (unpaired) electrons. The van der Waals surface area contributed by atoms with Gasteiger partial charge in [0.05, 0.1) is 24.9 Å². The topological polar surface area (TPSA) is 70.8 Å². The van der Waals surface area contributed by atoms with Crippen LogP contribution in [0.1, 0.15) is 25.6 Å². The fourth-order valence-corrected chi connectivity index (χ4v) is 3.66. The molecule has 1 aromatic carbocycles. The van der Waals surface area contributed by atoms with Crippen LogP contribution in [0, 0.1) is 0 Å². The van der Waals surface area contributed by atoms with Crippen molar-refractivity contribution < 1.29 is 13.9 Å². The molecule has 0 saturated carbocycles. The van der Waals surface area contributed by atoms with Crippen molar-refractivity contribution in [1.29, 1.82) is 0 Å². The molecular weight excluding hydrogens is 368 g/mol. The molecule has 3 aromatic rings. The summed E-state index contributed by atoms with van der Waals surface area (Å²) in [6, 6.07) is 13.2. The fourth-order valence-electron chi connectivity index (χ4n) is 3.66. The van der Waals surface area contributed by atoms with Gasteiger partial charge in [-0.1, -0.05) is 18.2 Å². The first-order valence-corrected chi connectivity index (χ1v) is 10.0. The molecule has 1 saturated heterocycles. The summed E-state index contributed by atoms with van der Waals surface area (Å²) in [6.07, 6.45) is 1.75. The number of aromatic nitrogens is 1. The Labute approximate surface area is 170 Å². The van der Waals surface area contributed by atoms with E-state index in [1.54, 1.807) is 11.1 Å². The third kappa shape index (κ3) is 4.05. The Morgan fingerprint density at radius 3 is 2.79 bits per heavy atom. The minimum Gasteiger partial charge on any atom is -0.459 e. The maximum atomic E-state index is 13.1. The number of benzene rings is 1. The molecule has 4 rings (SSSR count). The van der Waals surface area contributed by atoms with Crippen molar-refractivity contribution in [2.45, 2.75) is 19.9 Å². The van der Waals surface area contributed by atoms with Crippen LogP contribution in [-0.2, 0) is 4.74 Å². The van der Waals surface area contributed by atoms with Gasteiger partial charge in [-0.25, -0.2) is 9.78 Å². The van der Waals surface area contributed by atoms with E-state index in [1.807, 2.05) is 56.3 Å². The van der Waals surface area contributed by atoms with Crippen molar-refractivity contribution in [1.82, 2.24) is 9.88 Å². The zero-order chi connectivity index (χ0) is 20.2. The maximum Gasteiger partial charge on any atom is 0.322 e. The quantitative estimate of drug-likeness (QED) is 0.699. The van der Waals surface area contributed by atoms with Gasteiger partial charge in [-0.3, -0.25) is 0 Å². The van der Waals surface area contributed by atoms with Crippen LogP contribution in [0.5, 0.6) is 0 Å². The molecule has 1 fully saturated rings. The zero-order valence-electron chi connectivity index (χ0n) is 16.8. The van der Waals surface area contributed by atoms with Gasteiger partial charge in [0.15, 0.2) is 5.82 Å². The van der Waals surface area contributed by atoms with Crippen LogP contribution >= 0.6 is 0 Å². The van der Waals surface area contributed by atoms with E-state index < -0.39 is 0 Å². The molecule has 7 heteroatoms. The highest BCUT2D eigenvalue weighted by Crippen LogP contribution is 2.29. The Kier molecular flexibility index (Phi) is 5.67. The van der Waals surface area contributed by atoms with Gasteiger partial charge in [0.1, 0.15) is 11.3 Å². The average Bonchev–Trinajstić information content (AvgIpc) is 3.19. The van der Waals surface area contributed by atoms with Gasteiger partial charge in [-0.2, -0.15) is 0 Å². The molecule has 2 amide bonds. The number of urea groups is 1. The molecule has 0 unspecified atom stereocenters. The number of hydrogen-bond acceptors (Lipinski definition) is 5. The van der Waals surface area contributed by atoms with Crippen LogP contribution in [0.25, 0.3) is 11.0 Å². The van der Waals surface area contributed by atoms with E-state index in [1.165, 1.54) is 0 Å². The number of furan rings is 1. The zero-order valence-corrected chi connectivity index (χ0v) is 16.8. The lowest BCUT2D eigenvalue weighted by atomic mass is 10.2. The number of hydrogen-bond donors (Lipinski definition) is 1. The summed E-state index contributed by atoms with van der Waals surface area (Å²) >= 11 is 0. The number of anilines is 2. The number of pyridine rings is 1. The van der Waals surface area contributed by atoms with Gasteiger partial charge >= 0.3 is 6.03 Å². The predicted octanol–water partition coefficient (Wildman–Crippen LogP) is 4.28. The predicted molar refractivity (Wildman–Crippen MR) is 113 cm³/mol. The molecule has 0 spiro atoms. The standard InChI is InChI=1S/C22H26N4O3/c1-3-26(16(2)20-15-17-7-4-5-9-19(17)29-20)22(27)24-18-8-6-10-23-21(18)25-11-13-28-14-12-25/h4-10,15-16H,3,11-14H2,1-2H3,(H,24,27)/t16-/m1/s1. The van der Waals surface area contributed by atoms with Crippen LogP contribution in [0.15, 0.2) is 53.1 Å². The van der Waals surface area contributed by atoms with Crippen LogP contribution < -0.4 is 10.2 Å². The molecule has 7 nitrogen and oxygen atoms in total. The summed E-state index contributed by atoms with van der Waals surface area (Å²) in [4.78, 5) is 21.5. The number of carbonyl (C=O) groups is 1. The molecule has 3 heterocycles. The SMILES string of the molecule is CCN(C(=O)Nc1cccnc1N1CCOCC1)[C@H](C)c1cc2ccccc2o1. The van der Waals surface area contributed by atoms with Crippen LogP contribution in [-0.4, -0.2) is 48.8 Å². The third-order valence-corrected chi connectivity index (χ3v) is 5.26. The van der Waals surface area contributed by atoms with Gasteiger partial charge in [0.2, 0.25) is 0 Å². The molecule has 1 aliphatic heterocycles. The Hall–Kier alpha value is -3.06. The molecular formula is C22H26N4O3. The first-order valence-electron chi connectivity index (χ1n) is 10.0. The highest BCUT2D eigenvalue weighted by molar-refractivity contribution is 5.92. The van der Waals surface area contributed by atoms with Crippen molar-refractivity contribution in [2.24, 2.45) is 0 Å². The molecule has 29 heavy (non-hydrogen) atoms. The third-order valence-electron chi connectivity index (χ3n) is 5.26. The number of fused-ring (bicyclic) bond motifs is 1. The molecule has 1 aliphatic rings. The Bertz CT molecular complexity index is 948. The lowest BCUT2D eigenvalue weighted by Gasteiger charge is -2.31. The molecule has 2 aromatic heterocycles. The molecule has 152 valence electrons. The highest BCUT2D eigenvalue weighted by Gasteiger charge is 2.25. The minimum atomic E-state index is -0.198. The van der Waals surface area contributed by atoms with Crippen molar-refractivity contribution in [3.63, 3.8) is 0 Å². The molecule has 0 aliphatic carbocycles. The van der Waals surface area contributed by atoms with Crippen molar-refractivity contribution in [2.75, 3.05) is 43.1 Å². The van der Waals surface area contributed by atoms with Crippen LogP contribution in [0.3, 0.4) is 0 Å². The summed E-state index contributed by atoms with van der Waals surface area (Å²) in [5.41, 5.74) is 1.53. The largest absolute Gasteiger partial charge is 0.459 e. The van der Waals surface area contributed by atoms with Gasteiger partial charge in [0.25, 0.3) is 0 Å². The van der Waals surface area contributed by atoms with Gasteiger partial charge in [0, 0.05) is 31.2 Å². The lowest BCUT2D eigenvalue weighted by Crippen LogP contribution is -2.39. The number of nitrogens with one attached hydrogen (secondary N) is 1. The number of nitrogens with zero attached hydrogens (tertiary/aromatic N) is 3. The fraction of sp³-hybridized carbons (Fsp3) is 0.364. The number of rotatable bonds is 5. The van der Waals surface area contributed by atoms with E-state index in [9.17, 15) is 4.79 Å². The second-order valence-electron chi connectivity index (χ2n) is 7.05. The van der Waals surface area contributed by atoms with Gasteiger partial charge in [-0.05, 0) is 38.1 Å². The normalized spacial score (nSPS) is 15.3. The number of ether oxygens (including phenoxy) is 1. The Morgan fingerprint density at radius 2 is 2.03 bits per heavy atom. The lowest BCUT2D eigenvalue weighted by molar-refractivity contribution is 0.122. The summed E-state index contributed by atoms with van der Waals surface area (Å²) < 4.78 is 11.4. The van der Waals surface area contributed by atoms with Crippen molar-refractivity contribution in [3.8, 4) is 0 Å². The van der Waals surface area contributed by atoms with E-state index in [-0.39, 0.29) is 12.1 Å². The summed E-state index contributed by atoms with van der Waals surface area (Å²) in [6.45, 7) is 7.33.